The highest BCUT2D eigenvalue weighted by molar-refractivity contribution is 5.84. The number of methoxy groups -OCH3 is 1. The van der Waals surface area contributed by atoms with Crippen molar-refractivity contribution in [1.29, 1.82) is 0 Å². The molecule has 0 saturated carbocycles. The van der Waals surface area contributed by atoms with Crippen LogP contribution in [0.3, 0.4) is 0 Å². The van der Waals surface area contributed by atoms with Crippen LogP contribution in [0, 0.1) is 0 Å². The van der Waals surface area contributed by atoms with Crippen molar-refractivity contribution in [3.05, 3.63) is 42.0 Å². The van der Waals surface area contributed by atoms with E-state index in [0.29, 0.717) is 12.8 Å². The quantitative estimate of drug-likeness (QED) is 0.776. The van der Waals surface area contributed by atoms with Gasteiger partial charge in [-0.25, -0.2) is 4.79 Å². The van der Waals surface area contributed by atoms with E-state index in [1.807, 2.05) is 56.0 Å². The number of rotatable bonds is 2. The second kappa shape index (κ2) is 7.21. The second-order valence-corrected chi connectivity index (χ2v) is 9.49. The monoisotopic (exact) mass is 397 g/mol. The third kappa shape index (κ3) is 3.93. The molecule has 0 aliphatic carbocycles. The maximum Gasteiger partial charge on any atom is 0.410 e. The summed E-state index contributed by atoms with van der Waals surface area (Å²) in [4.78, 5) is 14.7. The molecule has 2 bridgehead atoms. The SMILES string of the molecule is COc1ccc2cc(C3(O)CC4CCCC(C3)N4C(=O)OC(C)(C)C)ccc2c1. The van der Waals surface area contributed by atoms with Gasteiger partial charge in [-0.15, -0.1) is 0 Å². The molecular formula is C24H31NO4. The molecule has 2 fully saturated rings. The normalized spacial score (nSPS) is 27.0. The number of aliphatic hydroxyl groups is 1. The summed E-state index contributed by atoms with van der Waals surface area (Å²) < 4.78 is 11.0. The van der Waals surface area contributed by atoms with Crippen LogP contribution in [0.25, 0.3) is 10.8 Å². The largest absolute Gasteiger partial charge is 0.497 e. The van der Waals surface area contributed by atoms with E-state index < -0.39 is 11.2 Å². The zero-order chi connectivity index (χ0) is 20.8. The van der Waals surface area contributed by atoms with Crippen LogP contribution < -0.4 is 4.74 Å². The third-order valence-electron chi connectivity index (χ3n) is 6.20. The van der Waals surface area contributed by atoms with E-state index in [4.69, 9.17) is 9.47 Å². The van der Waals surface area contributed by atoms with Crippen molar-refractivity contribution in [1.82, 2.24) is 4.90 Å². The summed E-state index contributed by atoms with van der Waals surface area (Å²) in [5.41, 5.74) is -0.517. The summed E-state index contributed by atoms with van der Waals surface area (Å²) in [6.07, 6.45) is 3.74. The first-order chi connectivity index (χ1) is 13.7. The topological polar surface area (TPSA) is 59.0 Å². The number of nitrogens with zero attached hydrogens (tertiary/aromatic N) is 1. The second-order valence-electron chi connectivity index (χ2n) is 9.49. The standard InChI is InChI=1S/C24H31NO4/c1-23(2,3)29-22(26)25-19-6-5-7-20(25)15-24(27,14-19)18-10-8-17-13-21(28-4)11-9-16(17)12-18/h8-13,19-20,27H,5-7,14-15H2,1-4H3. The highest BCUT2D eigenvalue weighted by atomic mass is 16.6. The van der Waals surface area contributed by atoms with Crippen LogP contribution in [0.1, 0.15) is 58.4 Å². The van der Waals surface area contributed by atoms with Gasteiger partial charge in [0.1, 0.15) is 11.4 Å². The minimum atomic E-state index is -0.928. The Labute approximate surface area is 172 Å². The van der Waals surface area contributed by atoms with Crippen LogP contribution in [0.4, 0.5) is 4.79 Å². The molecule has 29 heavy (non-hydrogen) atoms. The Morgan fingerprint density at radius 2 is 1.69 bits per heavy atom. The van der Waals surface area contributed by atoms with Gasteiger partial charge in [0.05, 0.1) is 12.7 Å². The molecule has 156 valence electrons. The van der Waals surface area contributed by atoms with E-state index in [0.717, 1.165) is 41.3 Å². The maximum absolute atomic E-state index is 12.8. The molecule has 2 aliphatic rings. The Morgan fingerprint density at radius 1 is 1.07 bits per heavy atom. The summed E-state index contributed by atoms with van der Waals surface area (Å²) in [5, 5.41) is 13.8. The Kier molecular flexibility index (Phi) is 4.97. The number of fused-ring (bicyclic) bond motifs is 3. The van der Waals surface area contributed by atoms with Crippen LogP contribution in [-0.4, -0.2) is 40.9 Å². The number of carbonyl (C=O) groups is 1. The summed E-state index contributed by atoms with van der Waals surface area (Å²) in [6.45, 7) is 5.68. The molecule has 0 radical (unpaired) electrons. The number of hydrogen-bond acceptors (Lipinski definition) is 4. The minimum Gasteiger partial charge on any atom is -0.497 e. The van der Waals surface area contributed by atoms with E-state index in [2.05, 4.69) is 6.07 Å². The van der Waals surface area contributed by atoms with Gasteiger partial charge in [0.25, 0.3) is 0 Å². The number of amides is 1. The predicted octanol–water partition coefficient (Wildman–Crippen LogP) is 4.99. The van der Waals surface area contributed by atoms with Crippen LogP contribution in [0.5, 0.6) is 5.75 Å². The van der Waals surface area contributed by atoms with Crippen molar-refractivity contribution in [3.8, 4) is 5.75 Å². The van der Waals surface area contributed by atoms with Crippen molar-refractivity contribution >= 4 is 16.9 Å². The molecule has 5 heteroatoms. The van der Waals surface area contributed by atoms with Gasteiger partial charge in [0.15, 0.2) is 0 Å². The lowest BCUT2D eigenvalue weighted by Gasteiger charge is -2.52. The van der Waals surface area contributed by atoms with Crippen molar-refractivity contribution in [2.45, 2.75) is 76.2 Å². The van der Waals surface area contributed by atoms with Gasteiger partial charge in [0.2, 0.25) is 0 Å². The first kappa shape index (κ1) is 20.0. The Balaban J connectivity index is 1.61. The molecule has 2 aromatic carbocycles. The fourth-order valence-electron chi connectivity index (χ4n) is 4.92. The van der Waals surface area contributed by atoms with E-state index in [-0.39, 0.29) is 18.2 Å². The summed E-state index contributed by atoms with van der Waals surface area (Å²) in [5.74, 6) is 0.823. The summed E-state index contributed by atoms with van der Waals surface area (Å²) >= 11 is 0. The van der Waals surface area contributed by atoms with Gasteiger partial charge < -0.3 is 19.5 Å². The smallest absolute Gasteiger partial charge is 0.410 e. The fourth-order valence-corrected chi connectivity index (χ4v) is 4.92. The molecule has 2 saturated heterocycles. The van der Waals surface area contributed by atoms with Gasteiger partial charge in [-0.3, -0.25) is 0 Å². The van der Waals surface area contributed by atoms with E-state index in [9.17, 15) is 9.90 Å². The van der Waals surface area contributed by atoms with Crippen LogP contribution >= 0.6 is 0 Å². The van der Waals surface area contributed by atoms with Crippen molar-refractivity contribution in [3.63, 3.8) is 0 Å². The molecule has 4 rings (SSSR count). The third-order valence-corrected chi connectivity index (χ3v) is 6.20. The van der Waals surface area contributed by atoms with Gasteiger partial charge in [-0.1, -0.05) is 18.2 Å². The lowest BCUT2D eigenvalue weighted by molar-refractivity contribution is -0.0964. The molecule has 0 spiro atoms. The first-order valence-corrected chi connectivity index (χ1v) is 10.5. The first-order valence-electron chi connectivity index (χ1n) is 10.5. The lowest BCUT2D eigenvalue weighted by atomic mass is 9.72. The van der Waals surface area contributed by atoms with Gasteiger partial charge in [0, 0.05) is 24.9 Å². The average Bonchev–Trinajstić information content (AvgIpc) is 2.65. The number of carbonyl (C=O) groups excluding carboxylic acids is 1. The predicted molar refractivity (Wildman–Crippen MR) is 113 cm³/mol. The van der Waals surface area contributed by atoms with Crippen molar-refractivity contribution in [2.75, 3.05) is 7.11 Å². The zero-order valence-electron chi connectivity index (χ0n) is 17.8. The summed E-state index contributed by atoms with van der Waals surface area (Å²) in [6, 6.07) is 12.1. The number of benzene rings is 2. The average molecular weight is 398 g/mol. The molecule has 5 nitrogen and oxygen atoms in total. The molecule has 2 atom stereocenters. The Bertz CT molecular complexity index is 903. The Morgan fingerprint density at radius 3 is 2.31 bits per heavy atom. The Hall–Kier alpha value is -2.27. The highest BCUT2D eigenvalue weighted by Crippen LogP contribution is 2.45. The van der Waals surface area contributed by atoms with Crippen LogP contribution in [-0.2, 0) is 10.3 Å². The van der Waals surface area contributed by atoms with Gasteiger partial charge in [-0.2, -0.15) is 0 Å². The molecule has 2 unspecified atom stereocenters. The molecule has 0 aromatic heterocycles. The number of ether oxygens (including phenoxy) is 2. The molecule has 1 N–H and O–H groups in total. The molecule has 1 amide bonds. The van der Waals surface area contributed by atoms with E-state index in [1.165, 1.54) is 0 Å². The summed E-state index contributed by atoms with van der Waals surface area (Å²) in [7, 11) is 1.66. The van der Waals surface area contributed by atoms with E-state index in [1.54, 1.807) is 7.11 Å². The maximum atomic E-state index is 12.8. The number of piperidine rings is 2. The van der Waals surface area contributed by atoms with Crippen molar-refractivity contribution in [2.24, 2.45) is 0 Å². The fraction of sp³-hybridized carbons (Fsp3) is 0.542. The van der Waals surface area contributed by atoms with Crippen LogP contribution in [0.2, 0.25) is 0 Å². The minimum absolute atomic E-state index is 0.00825. The van der Waals surface area contributed by atoms with Crippen molar-refractivity contribution < 1.29 is 19.4 Å². The van der Waals surface area contributed by atoms with E-state index >= 15 is 0 Å². The molecule has 2 aliphatic heterocycles. The van der Waals surface area contributed by atoms with Gasteiger partial charge in [-0.05, 0) is 74.6 Å². The lowest BCUT2D eigenvalue weighted by Crippen LogP contribution is -2.59. The van der Waals surface area contributed by atoms with Gasteiger partial charge >= 0.3 is 6.09 Å². The molecular weight excluding hydrogens is 366 g/mol. The zero-order valence-corrected chi connectivity index (χ0v) is 17.8. The molecule has 2 heterocycles. The van der Waals surface area contributed by atoms with Crippen LogP contribution in [0.15, 0.2) is 36.4 Å². The highest BCUT2D eigenvalue weighted by Gasteiger charge is 2.49. The molecule has 2 aromatic rings. The number of hydrogen-bond donors (Lipinski definition) is 1.